The number of Topliss-reactive ketones (excluding diaryl/α,β-unsaturated/α-hetero) is 1. The highest BCUT2D eigenvalue weighted by Crippen LogP contribution is 2.58. The first-order valence-corrected chi connectivity index (χ1v) is 12.4. The van der Waals surface area contributed by atoms with Crippen molar-refractivity contribution in [3.05, 3.63) is 115 Å². The summed E-state index contributed by atoms with van der Waals surface area (Å²) < 4.78 is 1.88. The van der Waals surface area contributed by atoms with Crippen LogP contribution in [0.4, 0.5) is 0 Å². The Kier molecular flexibility index (Phi) is 3.89. The van der Waals surface area contributed by atoms with E-state index in [4.69, 9.17) is 0 Å². The lowest BCUT2D eigenvalue weighted by molar-refractivity contribution is -0.108. The van der Waals surface area contributed by atoms with Gasteiger partial charge in [-0.05, 0) is 58.0 Å². The molecular weight excluding hydrogens is 524 g/mol. The van der Waals surface area contributed by atoms with Crippen molar-refractivity contribution in [2.24, 2.45) is 0 Å². The van der Waals surface area contributed by atoms with Gasteiger partial charge in [-0.2, -0.15) is 0 Å². The second kappa shape index (κ2) is 6.63. The second-order valence-corrected chi connectivity index (χ2v) is 10.3. The van der Waals surface area contributed by atoms with Gasteiger partial charge in [-0.15, -0.1) is 0 Å². The number of carbonyl (C=O) groups is 1. The molecule has 0 aromatic heterocycles. The van der Waals surface area contributed by atoms with Crippen molar-refractivity contribution >= 4 is 70.7 Å². The van der Waals surface area contributed by atoms with Gasteiger partial charge in [-0.3, -0.25) is 4.79 Å². The molecule has 0 aliphatic heterocycles. The highest BCUT2D eigenvalue weighted by Gasteiger charge is 2.41. The summed E-state index contributed by atoms with van der Waals surface area (Å²) in [7, 11) is 0. The van der Waals surface area contributed by atoms with Gasteiger partial charge in [0.25, 0.3) is 0 Å². The quantitative estimate of drug-likeness (QED) is 0.253. The van der Waals surface area contributed by atoms with E-state index in [0.29, 0.717) is 0 Å². The predicted octanol–water partition coefficient (Wildman–Crippen LogP) is 7.88. The lowest BCUT2D eigenvalue weighted by atomic mass is 9.92. The standard InChI is InChI=1S/C29H16Br2O/c30-21-7-3-1-5-17(21)27-25-19-13-11-15-9-10-16-12-14-20(24(19)23(15)16)26(25)28(29(27)32)18-6-2-4-8-22(18)31/h1-8,11-14H,9-10H2. The van der Waals surface area contributed by atoms with Crippen LogP contribution in [0.1, 0.15) is 33.4 Å². The minimum atomic E-state index is 0.0932. The van der Waals surface area contributed by atoms with Crippen molar-refractivity contribution < 1.29 is 4.79 Å². The molecule has 0 saturated carbocycles. The summed E-state index contributed by atoms with van der Waals surface area (Å²) in [5.74, 6) is 0.0932. The Morgan fingerprint density at radius 2 is 0.969 bits per heavy atom. The molecule has 0 N–H and O–H groups in total. The minimum absolute atomic E-state index is 0.0932. The van der Waals surface area contributed by atoms with Gasteiger partial charge in [0.1, 0.15) is 0 Å². The molecule has 0 radical (unpaired) electrons. The number of rotatable bonds is 2. The molecule has 4 aromatic carbocycles. The van der Waals surface area contributed by atoms with E-state index in [0.717, 1.165) is 55.2 Å². The van der Waals surface area contributed by atoms with E-state index in [2.05, 4.69) is 56.1 Å². The van der Waals surface area contributed by atoms with Gasteiger partial charge in [0.2, 0.25) is 0 Å². The molecule has 32 heavy (non-hydrogen) atoms. The number of hydrogen-bond acceptors (Lipinski definition) is 1. The maximum absolute atomic E-state index is 14.1. The highest BCUT2D eigenvalue weighted by molar-refractivity contribution is 9.10. The maximum atomic E-state index is 14.1. The first-order chi connectivity index (χ1) is 15.6. The van der Waals surface area contributed by atoms with Gasteiger partial charge in [0.05, 0.1) is 0 Å². The second-order valence-electron chi connectivity index (χ2n) is 8.58. The topological polar surface area (TPSA) is 17.1 Å². The summed E-state index contributed by atoms with van der Waals surface area (Å²) in [6.45, 7) is 0. The first kappa shape index (κ1) is 18.8. The van der Waals surface area contributed by atoms with Crippen LogP contribution in [0, 0.1) is 0 Å². The number of benzene rings is 4. The van der Waals surface area contributed by atoms with Gasteiger partial charge in [-0.25, -0.2) is 0 Å². The average molecular weight is 540 g/mol. The molecule has 0 saturated heterocycles. The van der Waals surface area contributed by atoms with E-state index >= 15 is 0 Å². The van der Waals surface area contributed by atoms with E-state index in [1.54, 1.807) is 0 Å². The monoisotopic (exact) mass is 538 g/mol. The molecule has 0 heterocycles. The van der Waals surface area contributed by atoms with Crippen molar-refractivity contribution in [1.82, 2.24) is 0 Å². The Morgan fingerprint density at radius 1 is 0.500 bits per heavy atom. The predicted molar refractivity (Wildman–Crippen MR) is 138 cm³/mol. The molecule has 0 bridgehead atoms. The number of carbonyl (C=O) groups excluding carboxylic acids is 1. The zero-order valence-electron chi connectivity index (χ0n) is 17.0. The number of fused-ring (bicyclic) bond motifs is 3. The van der Waals surface area contributed by atoms with Crippen LogP contribution in [0.3, 0.4) is 0 Å². The molecule has 4 aromatic rings. The molecular formula is C29H16Br2O. The zero-order valence-corrected chi connectivity index (χ0v) is 20.2. The third-order valence-electron chi connectivity index (χ3n) is 7.03. The highest BCUT2D eigenvalue weighted by atomic mass is 79.9. The molecule has 152 valence electrons. The zero-order chi connectivity index (χ0) is 21.6. The molecule has 0 amide bonds. The molecule has 0 fully saturated rings. The van der Waals surface area contributed by atoms with Crippen LogP contribution >= 0.6 is 31.9 Å². The summed E-state index contributed by atoms with van der Waals surface area (Å²) in [5, 5.41) is 2.73. The Labute approximate surface area is 202 Å². The Balaban J connectivity index is 1.66. The average Bonchev–Trinajstić information content (AvgIpc) is 3.44. The molecule has 0 spiro atoms. The van der Waals surface area contributed by atoms with Crippen molar-refractivity contribution in [3.63, 3.8) is 0 Å². The first-order valence-electron chi connectivity index (χ1n) is 10.8. The number of halogens is 2. The van der Waals surface area contributed by atoms with Crippen molar-refractivity contribution in [2.75, 3.05) is 0 Å². The Morgan fingerprint density at radius 3 is 1.44 bits per heavy atom. The van der Waals surface area contributed by atoms with E-state index in [1.165, 1.54) is 33.0 Å². The van der Waals surface area contributed by atoms with Gasteiger partial charge in [-0.1, -0.05) is 92.5 Å². The molecule has 0 unspecified atom stereocenters. The summed E-state index contributed by atoms with van der Waals surface area (Å²) in [6.07, 6.45) is 2.20. The van der Waals surface area contributed by atoms with Gasteiger partial charge < -0.3 is 0 Å². The van der Waals surface area contributed by atoms with Crippen LogP contribution in [-0.4, -0.2) is 5.78 Å². The Hall–Kier alpha value is -2.75. The summed E-state index contributed by atoms with van der Waals surface area (Å²) in [6, 6.07) is 25.1. The third-order valence-corrected chi connectivity index (χ3v) is 8.41. The normalized spacial score (nSPS) is 16.0. The molecule has 1 nitrogen and oxygen atoms in total. The van der Waals surface area contributed by atoms with Gasteiger partial charge in [0.15, 0.2) is 5.78 Å². The fraction of sp³-hybridized carbons (Fsp3) is 0.0690. The van der Waals surface area contributed by atoms with Crippen LogP contribution in [0.15, 0.2) is 81.7 Å². The number of aryl methyl sites for hydroxylation is 2. The van der Waals surface area contributed by atoms with Crippen LogP contribution in [0.25, 0.3) is 33.1 Å². The molecule has 3 heteroatoms. The van der Waals surface area contributed by atoms with E-state index in [1.807, 2.05) is 48.5 Å². The Bertz CT molecular complexity index is 1490. The van der Waals surface area contributed by atoms with Crippen molar-refractivity contribution in [2.45, 2.75) is 12.8 Å². The smallest absolute Gasteiger partial charge is 0.195 e. The van der Waals surface area contributed by atoms with E-state index < -0.39 is 0 Å². The fourth-order valence-corrected chi connectivity index (χ4v) is 6.69. The minimum Gasteiger partial charge on any atom is -0.289 e. The van der Waals surface area contributed by atoms with E-state index in [9.17, 15) is 4.79 Å². The van der Waals surface area contributed by atoms with Gasteiger partial charge in [0, 0.05) is 42.4 Å². The molecule has 7 rings (SSSR count). The van der Waals surface area contributed by atoms with Crippen LogP contribution in [0.5, 0.6) is 0 Å². The lowest BCUT2D eigenvalue weighted by Crippen LogP contribution is -2.04. The van der Waals surface area contributed by atoms with Gasteiger partial charge >= 0.3 is 0 Å². The van der Waals surface area contributed by atoms with Crippen LogP contribution in [-0.2, 0) is 17.6 Å². The van der Waals surface area contributed by atoms with Crippen LogP contribution in [0.2, 0.25) is 0 Å². The fourth-order valence-electron chi connectivity index (χ4n) is 5.73. The number of allylic oxidation sites excluding steroid dienone is 4. The van der Waals surface area contributed by atoms with Crippen molar-refractivity contribution in [1.29, 1.82) is 0 Å². The van der Waals surface area contributed by atoms with Crippen molar-refractivity contribution in [3.8, 4) is 0 Å². The summed E-state index contributed by atoms with van der Waals surface area (Å²) in [4.78, 5) is 14.1. The third kappa shape index (κ3) is 2.31. The molecule has 3 aliphatic carbocycles. The lowest BCUT2D eigenvalue weighted by Gasteiger charge is -2.12. The maximum Gasteiger partial charge on any atom is 0.195 e. The molecule has 0 atom stereocenters. The number of hydrogen-bond donors (Lipinski definition) is 0. The largest absolute Gasteiger partial charge is 0.289 e. The van der Waals surface area contributed by atoms with E-state index in [-0.39, 0.29) is 5.78 Å². The SMILES string of the molecule is O=C1C(c2ccccc2Br)=C2C(=C1c1ccccc1Br)c1ccc3c4c(ccc2c14)CC3. The molecule has 3 aliphatic rings. The summed E-state index contributed by atoms with van der Waals surface area (Å²) >= 11 is 7.43. The van der Waals surface area contributed by atoms with Crippen LogP contribution < -0.4 is 0 Å². The summed E-state index contributed by atoms with van der Waals surface area (Å²) in [5.41, 5.74) is 10.9. The number of ketones is 1.